The van der Waals surface area contributed by atoms with Gasteiger partial charge < -0.3 is 14.4 Å². The molecule has 0 saturated carbocycles. The Morgan fingerprint density at radius 3 is 2.58 bits per heavy atom. The van der Waals surface area contributed by atoms with Gasteiger partial charge in [0.05, 0.1) is 12.1 Å². The van der Waals surface area contributed by atoms with Crippen LogP contribution in [0.15, 0.2) is 83.1 Å². The fourth-order valence-electron chi connectivity index (χ4n) is 4.36. The largest absolute Gasteiger partial charge is 0.487 e. The smallest absolute Gasteiger partial charge is 0.307 e. The molecule has 2 aromatic heterocycles. The lowest BCUT2D eigenvalue weighted by Gasteiger charge is -2.10. The van der Waals surface area contributed by atoms with Crippen molar-refractivity contribution in [2.24, 2.45) is 0 Å². The third-order valence-corrected chi connectivity index (χ3v) is 7.90. The number of aromatic nitrogens is 2. The molecule has 3 aromatic carbocycles. The number of ether oxygens (including phenoxy) is 1. The minimum absolute atomic E-state index is 0.0310. The number of hydrogen-bond donors (Lipinski definition) is 1. The number of fused-ring (bicyclic) bond motifs is 1. The highest BCUT2D eigenvalue weighted by atomic mass is 32.2. The number of nitrogens with zero attached hydrogens (tertiary/aromatic N) is 2. The summed E-state index contributed by atoms with van der Waals surface area (Å²) in [7, 11) is 0. The summed E-state index contributed by atoms with van der Waals surface area (Å²) in [4.78, 5) is 17.6. The molecule has 2 heterocycles. The summed E-state index contributed by atoms with van der Waals surface area (Å²) >= 11 is 3.31. The van der Waals surface area contributed by atoms with Crippen LogP contribution < -0.4 is 4.74 Å². The molecule has 0 spiro atoms. The zero-order valence-electron chi connectivity index (χ0n) is 20.1. The molecule has 0 aliphatic carbocycles. The molecule has 0 bridgehead atoms. The van der Waals surface area contributed by atoms with E-state index in [2.05, 4.69) is 35.1 Å². The summed E-state index contributed by atoms with van der Waals surface area (Å²) < 4.78 is 8.28. The maximum atomic E-state index is 11.7. The van der Waals surface area contributed by atoms with Crippen LogP contribution in [0.3, 0.4) is 0 Å². The number of thioether (sulfide) groups is 1. The van der Waals surface area contributed by atoms with E-state index in [0.29, 0.717) is 18.9 Å². The van der Waals surface area contributed by atoms with Crippen LogP contribution in [0.4, 0.5) is 0 Å². The van der Waals surface area contributed by atoms with Crippen LogP contribution in [0.25, 0.3) is 21.5 Å². The lowest BCUT2D eigenvalue weighted by Crippen LogP contribution is -2.05. The molecular weight excluding hydrogens is 488 g/mol. The number of aliphatic carboxylic acids is 1. The summed E-state index contributed by atoms with van der Waals surface area (Å²) in [5, 5.41) is 13.5. The Morgan fingerprint density at radius 1 is 1.08 bits per heavy atom. The molecule has 0 aliphatic rings. The SMILES string of the molecule is CSc1ccc(Cn2c(C)c(CC(=O)O)c3cc(OCc4csc(-c5ccccc5)n4)ccc32)cc1. The van der Waals surface area contributed by atoms with Gasteiger partial charge in [0.1, 0.15) is 17.4 Å². The van der Waals surface area contributed by atoms with Gasteiger partial charge >= 0.3 is 5.97 Å². The first-order valence-electron chi connectivity index (χ1n) is 11.6. The molecule has 5 nitrogen and oxygen atoms in total. The fraction of sp³-hybridized carbons (Fsp3) is 0.172. The Morgan fingerprint density at radius 2 is 1.86 bits per heavy atom. The Hall–Kier alpha value is -3.55. The average molecular weight is 515 g/mol. The van der Waals surface area contributed by atoms with Crippen molar-refractivity contribution in [1.29, 1.82) is 0 Å². The molecular formula is C29H26N2O3S2. The molecule has 5 rings (SSSR count). The summed E-state index contributed by atoms with van der Waals surface area (Å²) in [6.07, 6.45) is 2.03. The second-order valence-electron chi connectivity index (χ2n) is 8.55. The minimum Gasteiger partial charge on any atom is -0.487 e. The average Bonchev–Trinajstić information content (AvgIpc) is 3.47. The first kappa shape index (κ1) is 24.2. The lowest BCUT2D eigenvalue weighted by molar-refractivity contribution is -0.136. The standard InChI is InChI=1S/C29H26N2O3S2/c1-19-25(15-28(32)33)26-14-23(34-17-22-18-36-29(30-22)21-6-4-3-5-7-21)10-13-27(26)31(19)16-20-8-11-24(35-2)12-9-20/h3-14,18H,15-17H2,1-2H3,(H,32,33). The van der Waals surface area contributed by atoms with Gasteiger partial charge in [-0.15, -0.1) is 23.1 Å². The number of carboxylic acids is 1. The zero-order chi connectivity index (χ0) is 25.1. The van der Waals surface area contributed by atoms with Gasteiger partial charge in [-0.25, -0.2) is 4.98 Å². The van der Waals surface area contributed by atoms with Crippen molar-refractivity contribution in [3.05, 3.63) is 101 Å². The van der Waals surface area contributed by atoms with Crippen molar-refractivity contribution in [2.45, 2.75) is 31.4 Å². The summed E-state index contributed by atoms with van der Waals surface area (Å²) in [6, 6.07) is 24.5. The van der Waals surface area contributed by atoms with Crippen molar-refractivity contribution in [3.8, 4) is 16.3 Å². The normalized spacial score (nSPS) is 11.2. The van der Waals surface area contributed by atoms with Crippen molar-refractivity contribution >= 4 is 40.0 Å². The molecule has 0 fully saturated rings. The van der Waals surface area contributed by atoms with Crippen LogP contribution >= 0.6 is 23.1 Å². The van der Waals surface area contributed by atoms with Crippen molar-refractivity contribution in [2.75, 3.05) is 6.26 Å². The number of benzene rings is 3. The summed E-state index contributed by atoms with van der Waals surface area (Å²) in [6.45, 7) is 3.03. The molecule has 0 saturated heterocycles. The first-order chi connectivity index (χ1) is 17.5. The molecule has 0 amide bonds. The van der Waals surface area contributed by atoms with Gasteiger partial charge in [-0.05, 0) is 54.6 Å². The van der Waals surface area contributed by atoms with Crippen molar-refractivity contribution < 1.29 is 14.6 Å². The van der Waals surface area contributed by atoms with Crippen molar-refractivity contribution in [3.63, 3.8) is 0 Å². The molecule has 182 valence electrons. The molecule has 1 N–H and O–H groups in total. The predicted octanol–water partition coefficient (Wildman–Crippen LogP) is 7.05. The van der Waals surface area contributed by atoms with Crippen molar-refractivity contribution in [1.82, 2.24) is 9.55 Å². The van der Waals surface area contributed by atoms with Gasteiger partial charge in [0.25, 0.3) is 0 Å². The second kappa shape index (κ2) is 10.6. The van der Waals surface area contributed by atoms with Crippen LogP contribution in [0.5, 0.6) is 5.75 Å². The second-order valence-corrected chi connectivity index (χ2v) is 10.3. The fourth-order valence-corrected chi connectivity index (χ4v) is 5.57. The number of thiazole rings is 1. The molecule has 0 aliphatic heterocycles. The van der Waals surface area contributed by atoms with Gasteiger partial charge in [0.2, 0.25) is 0 Å². The topological polar surface area (TPSA) is 64.4 Å². The molecule has 36 heavy (non-hydrogen) atoms. The van der Waals surface area contributed by atoms with Gasteiger partial charge in [-0.1, -0.05) is 42.5 Å². The van der Waals surface area contributed by atoms with E-state index < -0.39 is 5.97 Å². The van der Waals surface area contributed by atoms with Gasteiger partial charge in [-0.2, -0.15) is 0 Å². The predicted molar refractivity (Wildman–Crippen MR) is 147 cm³/mol. The Balaban J connectivity index is 1.41. The van der Waals surface area contributed by atoms with Gasteiger partial charge in [-0.3, -0.25) is 4.79 Å². The molecule has 7 heteroatoms. The number of rotatable bonds is 9. The maximum absolute atomic E-state index is 11.7. The van der Waals surface area contributed by atoms with E-state index in [1.54, 1.807) is 23.1 Å². The highest BCUT2D eigenvalue weighted by Crippen LogP contribution is 2.32. The quantitative estimate of drug-likeness (QED) is 0.214. The zero-order valence-corrected chi connectivity index (χ0v) is 21.7. The molecule has 0 unspecified atom stereocenters. The van der Waals surface area contributed by atoms with Gasteiger partial charge in [0.15, 0.2) is 0 Å². The van der Waals surface area contributed by atoms with Crippen LogP contribution in [0.1, 0.15) is 22.5 Å². The van der Waals surface area contributed by atoms with E-state index in [1.807, 2.05) is 60.8 Å². The lowest BCUT2D eigenvalue weighted by atomic mass is 10.1. The maximum Gasteiger partial charge on any atom is 0.307 e. The Bertz CT molecular complexity index is 1510. The van der Waals surface area contributed by atoms with E-state index in [0.717, 1.165) is 38.4 Å². The monoisotopic (exact) mass is 514 g/mol. The minimum atomic E-state index is -0.844. The highest BCUT2D eigenvalue weighted by Gasteiger charge is 2.18. The number of hydrogen-bond acceptors (Lipinski definition) is 5. The Kier molecular flexibility index (Phi) is 7.11. The third-order valence-electron chi connectivity index (χ3n) is 6.21. The van der Waals surface area contributed by atoms with Crippen LogP contribution in [0.2, 0.25) is 0 Å². The third kappa shape index (κ3) is 5.17. The first-order valence-corrected chi connectivity index (χ1v) is 13.7. The summed E-state index contributed by atoms with van der Waals surface area (Å²) in [5.74, 6) is -0.145. The Labute approximate surface area is 218 Å². The van der Waals surface area contributed by atoms with Gasteiger partial charge in [0, 0.05) is 39.0 Å². The van der Waals surface area contributed by atoms with Crippen LogP contribution in [0, 0.1) is 6.92 Å². The van der Waals surface area contributed by atoms with Crippen LogP contribution in [-0.4, -0.2) is 26.9 Å². The summed E-state index contributed by atoms with van der Waals surface area (Å²) in [5.41, 5.74) is 5.92. The molecule has 5 aromatic rings. The number of carbonyl (C=O) groups is 1. The molecule has 0 atom stereocenters. The van der Waals surface area contributed by atoms with Crippen LogP contribution in [-0.2, 0) is 24.4 Å². The molecule has 0 radical (unpaired) electrons. The van der Waals surface area contributed by atoms with E-state index in [1.165, 1.54) is 10.5 Å². The van der Waals surface area contributed by atoms with E-state index in [4.69, 9.17) is 9.72 Å². The highest BCUT2D eigenvalue weighted by molar-refractivity contribution is 7.98. The number of carboxylic acid groups (broad SMARTS) is 1. The van der Waals surface area contributed by atoms with E-state index >= 15 is 0 Å². The van der Waals surface area contributed by atoms with E-state index in [9.17, 15) is 9.90 Å². The van der Waals surface area contributed by atoms with E-state index in [-0.39, 0.29) is 6.42 Å².